The van der Waals surface area contributed by atoms with E-state index in [1.807, 2.05) is 24.3 Å². The Morgan fingerprint density at radius 3 is 2.43 bits per heavy atom. The van der Waals surface area contributed by atoms with Crippen molar-refractivity contribution in [2.45, 2.75) is 0 Å². The summed E-state index contributed by atoms with van der Waals surface area (Å²) in [5, 5.41) is 14.1. The fourth-order valence-corrected chi connectivity index (χ4v) is 2.42. The van der Waals surface area contributed by atoms with E-state index >= 15 is 0 Å². The second-order valence-electron chi connectivity index (χ2n) is 4.67. The molecule has 0 spiro atoms. The number of aromatic nitrogens is 4. The van der Waals surface area contributed by atoms with Crippen molar-refractivity contribution in [1.82, 2.24) is 19.8 Å². The maximum absolute atomic E-state index is 14.0. The highest BCUT2D eigenvalue weighted by molar-refractivity contribution is 5.99. The van der Waals surface area contributed by atoms with Crippen LogP contribution in [0.2, 0.25) is 0 Å². The summed E-state index contributed by atoms with van der Waals surface area (Å²) in [6.45, 7) is 0. The zero-order valence-corrected chi connectivity index (χ0v) is 10.9. The Bertz CT molecular complexity index is 976. The molecule has 0 unspecified atom stereocenters. The van der Waals surface area contributed by atoms with Gasteiger partial charge in [-0.1, -0.05) is 36.4 Å². The molecule has 4 aromatic rings. The van der Waals surface area contributed by atoms with Gasteiger partial charge in [-0.05, 0) is 12.1 Å². The Morgan fingerprint density at radius 2 is 1.62 bits per heavy atom. The first-order chi connectivity index (χ1) is 10.3. The highest BCUT2D eigenvalue weighted by atomic mass is 19.1. The molecule has 0 atom stereocenters. The fourth-order valence-electron chi connectivity index (χ4n) is 2.42. The number of hydrogen-bond donors (Lipinski definition) is 1. The number of benzene rings is 2. The molecule has 0 fully saturated rings. The van der Waals surface area contributed by atoms with Gasteiger partial charge in [-0.2, -0.15) is 4.52 Å². The van der Waals surface area contributed by atoms with Crippen molar-refractivity contribution in [3.63, 3.8) is 0 Å². The predicted octanol–water partition coefficient (Wildman–Crippen LogP) is 2.67. The molecule has 4 rings (SSSR count). The SMILES string of the molecule is Nc1nn2c(-c3ccccc3F)nnc2c2ccccc12. The van der Waals surface area contributed by atoms with Crippen molar-refractivity contribution in [2.24, 2.45) is 0 Å². The van der Waals surface area contributed by atoms with Gasteiger partial charge in [-0.25, -0.2) is 4.39 Å². The van der Waals surface area contributed by atoms with Crippen LogP contribution in [-0.4, -0.2) is 19.8 Å². The second-order valence-corrected chi connectivity index (χ2v) is 4.67. The summed E-state index contributed by atoms with van der Waals surface area (Å²) in [6, 6.07) is 13.9. The topological polar surface area (TPSA) is 69.1 Å². The lowest BCUT2D eigenvalue weighted by atomic mass is 10.2. The van der Waals surface area contributed by atoms with Crippen LogP contribution in [0.3, 0.4) is 0 Å². The molecule has 0 aliphatic heterocycles. The number of nitrogen functional groups attached to an aromatic ring is 1. The van der Waals surface area contributed by atoms with Gasteiger partial charge in [0.2, 0.25) is 0 Å². The molecule has 21 heavy (non-hydrogen) atoms. The molecule has 2 aromatic carbocycles. The van der Waals surface area contributed by atoms with Crippen LogP contribution in [0.25, 0.3) is 27.8 Å². The minimum absolute atomic E-state index is 0.334. The van der Waals surface area contributed by atoms with Crippen LogP contribution in [0.4, 0.5) is 10.2 Å². The van der Waals surface area contributed by atoms with E-state index in [1.54, 1.807) is 18.2 Å². The van der Waals surface area contributed by atoms with Crippen molar-refractivity contribution in [2.75, 3.05) is 5.73 Å². The Morgan fingerprint density at radius 1 is 0.905 bits per heavy atom. The zero-order valence-electron chi connectivity index (χ0n) is 10.9. The first-order valence-corrected chi connectivity index (χ1v) is 6.40. The maximum atomic E-state index is 14.0. The third-order valence-electron chi connectivity index (χ3n) is 3.41. The standard InChI is InChI=1S/C15H10FN5/c16-12-8-4-3-7-11(12)15-19-18-14-10-6-2-1-5-9(10)13(17)20-21(14)15/h1-8H,(H2,17,20). The lowest BCUT2D eigenvalue weighted by molar-refractivity contribution is 0.629. The molecule has 2 N–H and O–H groups in total. The van der Waals surface area contributed by atoms with Crippen LogP contribution in [0, 0.1) is 5.82 Å². The van der Waals surface area contributed by atoms with E-state index in [2.05, 4.69) is 15.3 Å². The summed E-state index contributed by atoms with van der Waals surface area (Å²) in [4.78, 5) is 0. The summed E-state index contributed by atoms with van der Waals surface area (Å²) < 4.78 is 15.4. The number of rotatable bonds is 1. The summed E-state index contributed by atoms with van der Waals surface area (Å²) >= 11 is 0. The van der Waals surface area contributed by atoms with Crippen molar-refractivity contribution in [1.29, 1.82) is 0 Å². The summed E-state index contributed by atoms with van der Waals surface area (Å²) in [5.74, 6) is 0.316. The summed E-state index contributed by atoms with van der Waals surface area (Å²) in [7, 11) is 0. The van der Waals surface area contributed by atoms with Crippen molar-refractivity contribution in [3.8, 4) is 11.4 Å². The fraction of sp³-hybridized carbons (Fsp3) is 0. The van der Waals surface area contributed by atoms with Gasteiger partial charge in [0.05, 0.1) is 5.56 Å². The smallest absolute Gasteiger partial charge is 0.188 e. The maximum Gasteiger partial charge on any atom is 0.188 e. The van der Waals surface area contributed by atoms with E-state index in [0.29, 0.717) is 22.9 Å². The summed E-state index contributed by atoms with van der Waals surface area (Å²) in [5.41, 5.74) is 6.88. The Balaban J connectivity index is 2.12. The van der Waals surface area contributed by atoms with E-state index in [9.17, 15) is 4.39 Å². The zero-order chi connectivity index (χ0) is 14.4. The van der Waals surface area contributed by atoms with E-state index in [-0.39, 0.29) is 5.82 Å². The van der Waals surface area contributed by atoms with Crippen molar-refractivity contribution >= 4 is 22.2 Å². The number of anilines is 1. The van der Waals surface area contributed by atoms with Crippen LogP contribution in [0.5, 0.6) is 0 Å². The number of halogens is 1. The molecule has 0 aliphatic carbocycles. The number of fused-ring (bicyclic) bond motifs is 3. The third-order valence-corrected chi connectivity index (χ3v) is 3.41. The van der Waals surface area contributed by atoms with Gasteiger partial charge in [0.25, 0.3) is 0 Å². The molecular weight excluding hydrogens is 269 g/mol. The van der Waals surface area contributed by atoms with Crippen LogP contribution in [-0.2, 0) is 0 Å². The molecule has 0 saturated heterocycles. The lowest BCUT2D eigenvalue weighted by Gasteiger charge is -2.05. The van der Waals surface area contributed by atoms with Crippen molar-refractivity contribution in [3.05, 3.63) is 54.3 Å². The first-order valence-electron chi connectivity index (χ1n) is 6.40. The molecule has 0 radical (unpaired) electrons. The van der Waals surface area contributed by atoms with Crippen LogP contribution in [0.1, 0.15) is 0 Å². The monoisotopic (exact) mass is 279 g/mol. The molecule has 2 heterocycles. The number of nitrogens with two attached hydrogens (primary N) is 1. The second kappa shape index (κ2) is 4.24. The third kappa shape index (κ3) is 1.66. The quantitative estimate of drug-likeness (QED) is 0.581. The highest BCUT2D eigenvalue weighted by Crippen LogP contribution is 2.26. The van der Waals surface area contributed by atoms with Gasteiger partial charge in [0.15, 0.2) is 17.3 Å². The van der Waals surface area contributed by atoms with Gasteiger partial charge >= 0.3 is 0 Å². The summed E-state index contributed by atoms with van der Waals surface area (Å²) in [6.07, 6.45) is 0. The molecule has 0 saturated carbocycles. The largest absolute Gasteiger partial charge is 0.382 e. The Hall–Kier alpha value is -3.02. The first kappa shape index (κ1) is 11.8. The molecule has 102 valence electrons. The minimum atomic E-state index is -0.375. The normalized spacial score (nSPS) is 11.3. The van der Waals surface area contributed by atoms with E-state index in [4.69, 9.17) is 5.73 Å². The molecule has 0 bridgehead atoms. The van der Waals surface area contributed by atoms with Crippen LogP contribution < -0.4 is 5.73 Å². The number of hydrogen-bond acceptors (Lipinski definition) is 4. The van der Waals surface area contributed by atoms with E-state index < -0.39 is 0 Å². The van der Waals surface area contributed by atoms with E-state index in [0.717, 1.165) is 10.8 Å². The van der Waals surface area contributed by atoms with Gasteiger partial charge in [0, 0.05) is 10.8 Å². The molecule has 0 amide bonds. The number of nitrogens with zero attached hydrogens (tertiary/aromatic N) is 4. The molecule has 2 aromatic heterocycles. The average Bonchev–Trinajstić information content (AvgIpc) is 2.92. The Labute approximate surface area is 118 Å². The Kier molecular flexibility index (Phi) is 2.38. The molecule has 6 heteroatoms. The predicted molar refractivity (Wildman–Crippen MR) is 78.1 cm³/mol. The molecule has 5 nitrogen and oxygen atoms in total. The van der Waals surface area contributed by atoms with E-state index in [1.165, 1.54) is 10.6 Å². The lowest BCUT2D eigenvalue weighted by Crippen LogP contribution is -2.02. The van der Waals surface area contributed by atoms with Gasteiger partial charge in [0.1, 0.15) is 5.82 Å². The molecule has 0 aliphatic rings. The highest BCUT2D eigenvalue weighted by Gasteiger charge is 2.16. The van der Waals surface area contributed by atoms with Gasteiger partial charge in [-0.15, -0.1) is 15.3 Å². The van der Waals surface area contributed by atoms with Crippen molar-refractivity contribution < 1.29 is 4.39 Å². The average molecular weight is 279 g/mol. The van der Waals surface area contributed by atoms with Gasteiger partial charge in [-0.3, -0.25) is 0 Å². The van der Waals surface area contributed by atoms with Crippen LogP contribution >= 0.6 is 0 Å². The van der Waals surface area contributed by atoms with Gasteiger partial charge < -0.3 is 5.73 Å². The minimum Gasteiger partial charge on any atom is -0.382 e. The molecular formula is C15H10FN5. The van der Waals surface area contributed by atoms with Crippen LogP contribution in [0.15, 0.2) is 48.5 Å².